The molecule has 2 atom stereocenters. The Balaban J connectivity index is 1.43. The van der Waals surface area contributed by atoms with Gasteiger partial charge in [0, 0.05) is 37.1 Å². The van der Waals surface area contributed by atoms with Gasteiger partial charge in [-0.2, -0.15) is 0 Å². The number of carbonyl (C=O) groups excluding carboxylic acids is 1. The molecular formula is C23H28F2N8O. The highest BCUT2D eigenvalue weighted by molar-refractivity contribution is 5.98. The molecule has 1 aromatic carbocycles. The zero-order valence-corrected chi connectivity index (χ0v) is 19.2. The van der Waals surface area contributed by atoms with Gasteiger partial charge >= 0.3 is 0 Å². The first-order valence-corrected chi connectivity index (χ1v) is 11.7. The fourth-order valence-corrected chi connectivity index (χ4v) is 4.31. The van der Waals surface area contributed by atoms with Crippen LogP contribution < -0.4 is 10.2 Å². The van der Waals surface area contributed by atoms with Crippen LogP contribution in [0, 0.1) is 17.6 Å². The lowest BCUT2D eigenvalue weighted by atomic mass is 10.0. The topological polar surface area (TPSA) is 93.8 Å². The van der Waals surface area contributed by atoms with Gasteiger partial charge in [0.1, 0.15) is 6.04 Å². The number of nitrogens with one attached hydrogen (secondary N) is 1. The summed E-state index contributed by atoms with van der Waals surface area (Å²) in [5.41, 5.74) is 1.06. The van der Waals surface area contributed by atoms with Crippen molar-refractivity contribution < 1.29 is 13.6 Å². The third-order valence-corrected chi connectivity index (χ3v) is 6.48. The normalized spacial score (nSPS) is 19.7. The lowest BCUT2D eigenvalue weighted by Crippen LogP contribution is -2.52. The summed E-state index contributed by atoms with van der Waals surface area (Å²) in [6, 6.07) is 2.71. The number of rotatable bonds is 8. The molecule has 1 saturated heterocycles. The maximum atomic E-state index is 13.8. The number of imidazole rings is 1. The molecule has 180 valence electrons. The van der Waals surface area contributed by atoms with Crippen LogP contribution in [-0.2, 0) is 11.3 Å². The lowest BCUT2D eigenvalue weighted by molar-refractivity contribution is -0.122. The number of carbonyl (C=O) groups is 1. The Labute approximate surface area is 196 Å². The highest BCUT2D eigenvalue weighted by Gasteiger charge is 2.35. The van der Waals surface area contributed by atoms with Crippen molar-refractivity contribution in [1.29, 1.82) is 0 Å². The second kappa shape index (κ2) is 9.21. The zero-order chi connectivity index (χ0) is 23.8. The van der Waals surface area contributed by atoms with Gasteiger partial charge in [-0.05, 0) is 68.0 Å². The van der Waals surface area contributed by atoms with E-state index >= 15 is 0 Å². The van der Waals surface area contributed by atoms with Crippen LogP contribution in [0.3, 0.4) is 0 Å². The smallest absolute Gasteiger partial charge is 0.244 e. The average molecular weight is 471 g/mol. The molecule has 2 fully saturated rings. The second-order valence-electron chi connectivity index (χ2n) is 9.38. The summed E-state index contributed by atoms with van der Waals surface area (Å²) in [6.07, 6.45) is 7.33. The molecule has 0 radical (unpaired) electrons. The molecule has 1 saturated carbocycles. The van der Waals surface area contributed by atoms with Gasteiger partial charge < -0.3 is 9.47 Å². The van der Waals surface area contributed by atoms with Crippen LogP contribution in [0.2, 0.25) is 0 Å². The molecule has 34 heavy (non-hydrogen) atoms. The molecule has 1 N–H and O–H groups in total. The lowest BCUT2D eigenvalue weighted by Gasteiger charge is -2.34. The minimum atomic E-state index is -0.975. The van der Waals surface area contributed by atoms with E-state index in [0.29, 0.717) is 36.8 Å². The number of anilines is 1. The number of hydrogen-bond donors (Lipinski definition) is 1. The SMILES string of the molecule is CC(C)n1cnc(C(NC2CCCN(c3ccc(F)c(F)c3)C2=O)c2nnnn2CC2CC2)c1. The number of halogens is 2. The molecule has 1 aliphatic carbocycles. The van der Waals surface area contributed by atoms with Gasteiger partial charge in [-0.3, -0.25) is 10.1 Å². The van der Waals surface area contributed by atoms with Crippen molar-refractivity contribution in [3.8, 4) is 0 Å². The van der Waals surface area contributed by atoms with E-state index in [-0.39, 0.29) is 11.9 Å². The number of tetrazole rings is 1. The Kier molecular flexibility index (Phi) is 6.11. The van der Waals surface area contributed by atoms with E-state index in [1.807, 2.05) is 10.8 Å². The van der Waals surface area contributed by atoms with Gasteiger partial charge in [-0.1, -0.05) is 0 Å². The summed E-state index contributed by atoms with van der Waals surface area (Å²) in [6.45, 7) is 5.30. The highest BCUT2D eigenvalue weighted by Crippen LogP contribution is 2.32. The molecule has 9 nitrogen and oxygen atoms in total. The van der Waals surface area contributed by atoms with E-state index in [4.69, 9.17) is 0 Å². The molecule has 3 aromatic rings. The van der Waals surface area contributed by atoms with Gasteiger partial charge in [0.15, 0.2) is 17.5 Å². The molecule has 0 bridgehead atoms. The molecule has 2 unspecified atom stereocenters. The molecule has 3 heterocycles. The van der Waals surface area contributed by atoms with Crippen LogP contribution in [-0.4, -0.2) is 48.3 Å². The Morgan fingerprint density at radius 3 is 2.71 bits per heavy atom. The van der Waals surface area contributed by atoms with E-state index in [9.17, 15) is 13.6 Å². The van der Waals surface area contributed by atoms with E-state index in [2.05, 4.69) is 39.7 Å². The van der Waals surface area contributed by atoms with E-state index in [1.54, 1.807) is 11.0 Å². The maximum Gasteiger partial charge on any atom is 0.244 e. The van der Waals surface area contributed by atoms with Crippen molar-refractivity contribution >= 4 is 11.6 Å². The molecule has 1 amide bonds. The zero-order valence-electron chi connectivity index (χ0n) is 19.2. The summed E-state index contributed by atoms with van der Waals surface area (Å²) in [5, 5.41) is 15.8. The van der Waals surface area contributed by atoms with E-state index in [0.717, 1.165) is 37.2 Å². The van der Waals surface area contributed by atoms with E-state index in [1.165, 1.54) is 11.0 Å². The number of aromatic nitrogens is 6. The summed E-state index contributed by atoms with van der Waals surface area (Å²) in [7, 11) is 0. The quantitative estimate of drug-likeness (QED) is 0.544. The van der Waals surface area contributed by atoms with Crippen LogP contribution in [0.1, 0.15) is 63.1 Å². The van der Waals surface area contributed by atoms with Crippen molar-refractivity contribution in [2.45, 2.75) is 64.2 Å². The number of amides is 1. The van der Waals surface area contributed by atoms with Gasteiger partial charge in [0.2, 0.25) is 5.91 Å². The summed E-state index contributed by atoms with van der Waals surface area (Å²) in [4.78, 5) is 19.5. The van der Waals surface area contributed by atoms with Gasteiger partial charge in [-0.25, -0.2) is 18.4 Å². The van der Waals surface area contributed by atoms with E-state index < -0.39 is 23.7 Å². The first-order valence-electron chi connectivity index (χ1n) is 11.7. The molecule has 2 aliphatic rings. The van der Waals surface area contributed by atoms with Crippen molar-refractivity contribution in [3.05, 3.63) is 53.9 Å². The Morgan fingerprint density at radius 1 is 1.18 bits per heavy atom. The predicted octanol–water partition coefficient (Wildman–Crippen LogP) is 3.01. The second-order valence-corrected chi connectivity index (χ2v) is 9.38. The maximum absolute atomic E-state index is 13.8. The Morgan fingerprint density at radius 2 is 2.00 bits per heavy atom. The third kappa shape index (κ3) is 4.56. The Hall–Kier alpha value is -3.21. The van der Waals surface area contributed by atoms with Crippen molar-refractivity contribution in [1.82, 2.24) is 35.1 Å². The minimum Gasteiger partial charge on any atom is -0.335 e. The number of hydrogen-bond acceptors (Lipinski definition) is 6. The van der Waals surface area contributed by atoms with Gasteiger partial charge in [0.25, 0.3) is 0 Å². The van der Waals surface area contributed by atoms with Gasteiger partial charge in [0.05, 0.1) is 18.1 Å². The first kappa shape index (κ1) is 22.6. The molecule has 1 aliphatic heterocycles. The average Bonchev–Trinajstić information content (AvgIpc) is 3.29. The molecule has 0 spiro atoms. The molecular weight excluding hydrogens is 442 g/mol. The highest BCUT2D eigenvalue weighted by atomic mass is 19.2. The van der Waals surface area contributed by atoms with Crippen molar-refractivity contribution in [2.24, 2.45) is 5.92 Å². The van der Waals surface area contributed by atoms with Crippen LogP contribution in [0.4, 0.5) is 14.5 Å². The predicted molar refractivity (Wildman–Crippen MR) is 120 cm³/mol. The summed E-state index contributed by atoms with van der Waals surface area (Å²) in [5.74, 6) is -0.940. The Bertz CT molecular complexity index is 1170. The first-order chi connectivity index (χ1) is 16.4. The fourth-order valence-electron chi connectivity index (χ4n) is 4.31. The number of benzene rings is 1. The number of piperidine rings is 1. The van der Waals surface area contributed by atoms with Crippen molar-refractivity contribution in [3.63, 3.8) is 0 Å². The largest absolute Gasteiger partial charge is 0.335 e. The minimum absolute atomic E-state index is 0.202. The number of nitrogens with zero attached hydrogens (tertiary/aromatic N) is 7. The summed E-state index contributed by atoms with van der Waals surface area (Å²) < 4.78 is 31.1. The van der Waals surface area contributed by atoms with Crippen LogP contribution in [0.5, 0.6) is 0 Å². The molecule has 11 heteroatoms. The monoisotopic (exact) mass is 470 g/mol. The summed E-state index contributed by atoms with van der Waals surface area (Å²) >= 11 is 0. The fraction of sp³-hybridized carbons (Fsp3) is 0.522. The third-order valence-electron chi connectivity index (χ3n) is 6.48. The molecule has 2 aromatic heterocycles. The van der Waals surface area contributed by atoms with Gasteiger partial charge in [-0.15, -0.1) is 5.10 Å². The van der Waals surface area contributed by atoms with Crippen LogP contribution in [0.25, 0.3) is 0 Å². The molecule has 5 rings (SSSR count). The van der Waals surface area contributed by atoms with Crippen molar-refractivity contribution in [2.75, 3.05) is 11.4 Å². The standard InChI is InChI=1S/C23H28F2N8O/c1-14(2)31-12-20(26-13-31)21(22-28-29-30-33(22)11-15-5-6-15)27-19-4-3-9-32(23(19)34)16-7-8-17(24)18(25)10-16/h7-8,10,12-15,19,21,27H,3-6,9,11H2,1-2H3. The van der Waals surface area contributed by atoms with Crippen LogP contribution >= 0.6 is 0 Å². The van der Waals surface area contributed by atoms with Crippen LogP contribution in [0.15, 0.2) is 30.7 Å².